The molecule has 0 saturated carbocycles. The van der Waals surface area contributed by atoms with Gasteiger partial charge in [-0.25, -0.2) is 4.79 Å². The second-order valence-electron chi connectivity index (χ2n) is 7.34. The Bertz CT molecular complexity index is 1070. The monoisotopic (exact) mass is 498 g/mol. The fraction of sp³-hybridized carbons (Fsp3) is 0.391. The van der Waals surface area contributed by atoms with Crippen LogP contribution >= 0.6 is 0 Å². The molecule has 2 aromatic rings. The van der Waals surface area contributed by atoms with E-state index in [4.69, 9.17) is 23.7 Å². The Morgan fingerprint density at radius 3 is 2.29 bits per heavy atom. The quantitative estimate of drug-likeness (QED) is 0.554. The second kappa shape index (κ2) is 11.2. The molecule has 1 N–H and O–H groups in total. The molecule has 1 saturated heterocycles. The van der Waals surface area contributed by atoms with Gasteiger partial charge in [0.05, 0.1) is 51.5 Å². The number of anilines is 2. The van der Waals surface area contributed by atoms with Crippen molar-refractivity contribution < 1.29 is 46.4 Å². The number of nitrogens with zero attached hydrogens (tertiary/aromatic N) is 1. The molecular weight excluding hydrogens is 473 g/mol. The lowest BCUT2D eigenvalue weighted by molar-refractivity contribution is -0.137. The maximum atomic E-state index is 13.3. The normalized spacial score (nSPS) is 13.7. The molecule has 1 aliphatic heterocycles. The van der Waals surface area contributed by atoms with Gasteiger partial charge in [0.1, 0.15) is 5.56 Å². The number of amides is 1. The lowest BCUT2D eigenvalue weighted by Gasteiger charge is -2.31. The Kier molecular flexibility index (Phi) is 8.28. The first-order chi connectivity index (χ1) is 16.7. The summed E-state index contributed by atoms with van der Waals surface area (Å²) in [7, 11) is 4.10. The minimum Gasteiger partial charge on any atom is -0.493 e. The Hall–Kier alpha value is -3.67. The number of esters is 1. The predicted octanol–water partition coefficient (Wildman–Crippen LogP) is 3.36. The number of carbonyl (C=O) groups excluding carboxylic acids is 2. The number of halogens is 3. The molecule has 0 aliphatic carbocycles. The van der Waals surface area contributed by atoms with Crippen LogP contribution in [0.1, 0.15) is 15.9 Å². The van der Waals surface area contributed by atoms with Crippen molar-refractivity contribution in [1.82, 2.24) is 0 Å². The van der Waals surface area contributed by atoms with E-state index >= 15 is 0 Å². The summed E-state index contributed by atoms with van der Waals surface area (Å²) >= 11 is 0. The molecule has 12 heteroatoms. The van der Waals surface area contributed by atoms with Crippen molar-refractivity contribution in [2.75, 3.05) is 64.5 Å². The Morgan fingerprint density at radius 2 is 1.69 bits per heavy atom. The zero-order valence-electron chi connectivity index (χ0n) is 19.4. The van der Waals surface area contributed by atoms with Gasteiger partial charge in [-0.15, -0.1) is 0 Å². The molecule has 190 valence electrons. The lowest BCUT2D eigenvalue weighted by Crippen LogP contribution is -2.37. The summed E-state index contributed by atoms with van der Waals surface area (Å²) in [6.07, 6.45) is -4.60. The van der Waals surface area contributed by atoms with Gasteiger partial charge in [0.15, 0.2) is 18.1 Å². The number of ether oxygens (including phenoxy) is 5. The van der Waals surface area contributed by atoms with Crippen molar-refractivity contribution >= 4 is 23.3 Å². The molecule has 1 heterocycles. The van der Waals surface area contributed by atoms with Crippen LogP contribution in [0.5, 0.6) is 17.2 Å². The van der Waals surface area contributed by atoms with Gasteiger partial charge in [0.25, 0.3) is 5.91 Å². The van der Waals surface area contributed by atoms with Crippen LogP contribution in [-0.2, 0) is 20.4 Å². The maximum absolute atomic E-state index is 13.3. The number of carbonyl (C=O) groups is 2. The number of alkyl halides is 3. The Balaban J connectivity index is 1.76. The van der Waals surface area contributed by atoms with Crippen LogP contribution in [0.2, 0.25) is 0 Å². The summed E-state index contributed by atoms with van der Waals surface area (Å²) in [4.78, 5) is 26.9. The van der Waals surface area contributed by atoms with E-state index in [2.05, 4.69) is 5.32 Å². The van der Waals surface area contributed by atoms with Crippen LogP contribution in [0.4, 0.5) is 24.5 Å². The first-order valence-electron chi connectivity index (χ1n) is 10.5. The fourth-order valence-corrected chi connectivity index (χ4v) is 3.55. The standard InChI is InChI=1S/C23H25F3N2O7/c1-31-18-7-5-15(20(32-2)21(18)33-3)22(30)35-13-19(29)27-16-12-14(23(24,25)26)4-6-17(16)28-8-10-34-11-9-28/h4-7,12H,8-11,13H2,1-3H3,(H,27,29). The van der Waals surface area contributed by atoms with Crippen molar-refractivity contribution in [3.05, 3.63) is 41.5 Å². The maximum Gasteiger partial charge on any atom is 0.416 e. The molecule has 2 aromatic carbocycles. The minimum atomic E-state index is -4.60. The summed E-state index contributed by atoms with van der Waals surface area (Å²) in [5, 5.41) is 2.42. The molecule has 1 aliphatic rings. The van der Waals surface area contributed by atoms with Crippen LogP contribution < -0.4 is 24.4 Å². The van der Waals surface area contributed by atoms with Crippen molar-refractivity contribution in [2.24, 2.45) is 0 Å². The zero-order valence-corrected chi connectivity index (χ0v) is 19.4. The van der Waals surface area contributed by atoms with Crippen molar-refractivity contribution in [3.8, 4) is 17.2 Å². The smallest absolute Gasteiger partial charge is 0.416 e. The first kappa shape index (κ1) is 25.9. The largest absolute Gasteiger partial charge is 0.493 e. The third-order valence-corrected chi connectivity index (χ3v) is 5.21. The first-order valence-corrected chi connectivity index (χ1v) is 10.5. The molecular formula is C23H25F3N2O7. The van der Waals surface area contributed by atoms with Crippen LogP contribution in [0.3, 0.4) is 0 Å². The molecule has 0 atom stereocenters. The molecule has 3 rings (SSSR count). The summed E-state index contributed by atoms with van der Waals surface area (Å²) in [5.41, 5.74) is -0.586. The Labute approximate surface area is 199 Å². The van der Waals surface area contributed by atoms with Gasteiger partial charge in [-0.1, -0.05) is 0 Å². The number of nitrogens with one attached hydrogen (secondary N) is 1. The average molecular weight is 498 g/mol. The highest BCUT2D eigenvalue weighted by Gasteiger charge is 2.32. The number of methoxy groups -OCH3 is 3. The van der Waals surface area contributed by atoms with E-state index in [0.29, 0.717) is 37.7 Å². The Morgan fingerprint density at radius 1 is 1.00 bits per heavy atom. The second-order valence-corrected chi connectivity index (χ2v) is 7.34. The van der Waals surface area contributed by atoms with Gasteiger partial charge >= 0.3 is 12.1 Å². The van der Waals surface area contributed by atoms with Crippen molar-refractivity contribution in [2.45, 2.75) is 6.18 Å². The van der Waals surface area contributed by atoms with Crippen LogP contribution in [0.25, 0.3) is 0 Å². The molecule has 0 aromatic heterocycles. The van der Waals surface area contributed by atoms with E-state index in [0.717, 1.165) is 12.1 Å². The summed E-state index contributed by atoms with van der Waals surface area (Å²) in [6.45, 7) is 0.956. The molecule has 9 nitrogen and oxygen atoms in total. The highest BCUT2D eigenvalue weighted by Crippen LogP contribution is 2.40. The minimum absolute atomic E-state index is 0.0222. The SMILES string of the molecule is COc1ccc(C(=O)OCC(=O)Nc2cc(C(F)(F)F)ccc2N2CCOCC2)c(OC)c1OC. The van der Waals surface area contributed by atoms with E-state index in [1.807, 2.05) is 0 Å². The van der Waals surface area contributed by atoms with Crippen LogP contribution in [0, 0.1) is 0 Å². The van der Waals surface area contributed by atoms with Crippen LogP contribution in [0.15, 0.2) is 30.3 Å². The highest BCUT2D eigenvalue weighted by atomic mass is 19.4. The molecule has 35 heavy (non-hydrogen) atoms. The number of rotatable bonds is 8. The molecule has 0 bridgehead atoms. The lowest BCUT2D eigenvalue weighted by atomic mass is 10.1. The van der Waals surface area contributed by atoms with Gasteiger partial charge in [-0.3, -0.25) is 4.79 Å². The molecule has 1 amide bonds. The van der Waals surface area contributed by atoms with E-state index < -0.39 is 30.2 Å². The number of morpholine rings is 1. The van der Waals surface area contributed by atoms with E-state index in [9.17, 15) is 22.8 Å². The summed E-state index contributed by atoms with van der Waals surface area (Å²) in [6, 6.07) is 5.94. The van der Waals surface area contributed by atoms with E-state index in [1.165, 1.54) is 39.5 Å². The molecule has 1 fully saturated rings. The van der Waals surface area contributed by atoms with Crippen LogP contribution in [-0.4, -0.2) is 66.1 Å². The number of benzene rings is 2. The average Bonchev–Trinajstić information content (AvgIpc) is 2.86. The van der Waals surface area contributed by atoms with E-state index in [1.54, 1.807) is 4.90 Å². The van der Waals surface area contributed by atoms with Gasteiger partial charge in [0, 0.05) is 13.1 Å². The van der Waals surface area contributed by atoms with Crippen molar-refractivity contribution in [1.29, 1.82) is 0 Å². The summed E-state index contributed by atoms with van der Waals surface area (Å²) < 4.78 is 65.8. The zero-order chi connectivity index (χ0) is 25.6. The molecule has 0 unspecified atom stereocenters. The van der Waals surface area contributed by atoms with E-state index in [-0.39, 0.29) is 22.7 Å². The number of hydrogen-bond donors (Lipinski definition) is 1. The third-order valence-electron chi connectivity index (χ3n) is 5.21. The van der Waals surface area contributed by atoms with Gasteiger partial charge < -0.3 is 33.9 Å². The third kappa shape index (κ3) is 6.07. The van der Waals surface area contributed by atoms with Gasteiger partial charge in [0.2, 0.25) is 5.75 Å². The number of hydrogen-bond acceptors (Lipinski definition) is 8. The van der Waals surface area contributed by atoms with Gasteiger partial charge in [-0.05, 0) is 30.3 Å². The molecule has 0 radical (unpaired) electrons. The summed E-state index contributed by atoms with van der Waals surface area (Å²) in [5.74, 6) is -1.18. The predicted molar refractivity (Wildman–Crippen MR) is 119 cm³/mol. The highest BCUT2D eigenvalue weighted by molar-refractivity contribution is 5.99. The molecule has 0 spiro atoms. The van der Waals surface area contributed by atoms with Crippen molar-refractivity contribution in [3.63, 3.8) is 0 Å². The topological polar surface area (TPSA) is 95.6 Å². The fourth-order valence-electron chi connectivity index (χ4n) is 3.55. The van der Waals surface area contributed by atoms with Gasteiger partial charge in [-0.2, -0.15) is 13.2 Å².